The summed E-state index contributed by atoms with van der Waals surface area (Å²) >= 11 is 1.46. The van der Waals surface area contributed by atoms with Crippen LogP contribution in [-0.4, -0.2) is 58.6 Å². The van der Waals surface area contributed by atoms with E-state index in [1.807, 2.05) is 36.4 Å². The zero-order chi connectivity index (χ0) is 35.6. The van der Waals surface area contributed by atoms with Gasteiger partial charge in [0.1, 0.15) is 5.54 Å². The molecule has 3 N–H and O–H groups in total. The molecule has 0 spiro atoms. The average molecular weight is 715 g/mol. The van der Waals surface area contributed by atoms with Gasteiger partial charge in [-0.25, -0.2) is 13.2 Å². The lowest BCUT2D eigenvalue weighted by molar-refractivity contribution is -0.143. The number of thiophene rings is 1. The number of nitrogens with zero attached hydrogens (tertiary/aromatic N) is 1. The molecule has 1 saturated carbocycles. The molecule has 0 aliphatic heterocycles. The normalized spacial score (nSPS) is 14.9. The van der Waals surface area contributed by atoms with Crippen molar-refractivity contribution in [1.29, 1.82) is 0 Å². The molecule has 2 aliphatic rings. The first kappa shape index (κ1) is 35.2. The zero-order valence-corrected chi connectivity index (χ0v) is 29.2. The van der Waals surface area contributed by atoms with Crippen molar-refractivity contribution in [3.05, 3.63) is 116 Å². The summed E-state index contributed by atoms with van der Waals surface area (Å²) < 4.78 is 28.2. The van der Waals surface area contributed by atoms with Gasteiger partial charge in [0.2, 0.25) is 10.0 Å². The van der Waals surface area contributed by atoms with Crippen LogP contribution in [0.15, 0.2) is 77.7 Å². The van der Waals surface area contributed by atoms with E-state index in [1.165, 1.54) is 29.5 Å². The number of sulfonamides is 1. The van der Waals surface area contributed by atoms with E-state index in [0.29, 0.717) is 16.1 Å². The van der Waals surface area contributed by atoms with Crippen LogP contribution in [-0.2, 0) is 46.9 Å². The number of carboxylic acids is 2. The Morgan fingerprint density at radius 2 is 1.50 bits per heavy atom. The number of rotatable bonds is 14. The summed E-state index contributed by atoms with van der Waals surface area (Å²) in [6.07, 6.45) is 5.37. The third-order valence-electron chi connectivity index (χ3n) is 9.54. The van der Waals surface area contributed by atoms with Crippen LogP contribution in [0.4, 0.5) is 5.69 Å². The Balaban J connectivity index is 1.17. The minimum absolute atomic E-state index is 0.0146. The van der Waals surface area contributed by atoms with Crippen molar-refractivity contribution < 1.29 is 37.8 Å². The number of fused-ring (bicyclic) bond motifs is 1. The first-order valence-electron chi connectivity index (χ1n) is 16.7. The minimum atomic E-state index is -4.18. The molecule has 3 aromatic carbocycles. The monoisotopic (exact) mass is 714 g/mol. The fourth-order valence-electron chi connectivity index (χ4n) is 6.66. The number of Topliss-reactive ketones (excluding diaryl/α,β-unsaturated/α-hetero) is 1. The molecule has 2 aliphatic carbocycles. The maximum absolute atomic E-state index is 13.8. The maximum atomic E-state index is 13.8. The topological polar surface area (TPSA) is 158 Å². The van der Waals surface area contributed by atoms with Crippen LogP contribution in [0.1, 0.15) is 90.1 Å². The van der Waals surface area contributed by atoms with Crippen molar-refractivity contribution >= 4 is 50.7 Å². The Morgan fingerprint density at radius 3 is 2.10 bits per heavy atom. The molecule has 1 aromatic heterocycles. The first-order chi connectivity index (χ1) is 23.9. The van der Waals surface area contributed by atoms with Crippen LogP contribution in [0, 0.1) is 0 Å². The molecule has 10 nitrogen and oxygen atoms in total. The summed E-state index contributed by atoms with van der Waals surface area (Å²) in [7, 11) is -4.18. The molecular formula is C38H38N2O8S2. The van der Waals surface area contributed by atoms with Gasteiger partial charge < -0.3 is 15.5 Å². The number of amides is 1. The second kappa shape index (κ2) is 14.3. The molecule has 0 bridgehead atoms. The average Bonchev–Trinajstić information content (AvgIpc) is 3.82. The number of carboxylic acid groups (broad SMARTS) is 2. The van der Waals surface area contributed by atoms with Crippen LogP contribution in [0.25, 0.3) is 0 Å². The summed E-state index contributed by atoms with van der Waals surface area (Å²) in [4.78, 5) is 52.1. The highest BCUT2D eigenvalue weighted by Gasteiger charge is 2.58. The maximum Gasteiger partial charge on any atom is 0.335 e. The van der Waals surface area contributed by atoms with E-state index >= 15 is 0 Å². The lowest BCUT2D eigenvalue weighted by Crippen LogP contribution is -2.47. The molecule has 0 unspecified atom stereocenters. The van der Waals surface area contributed by atoms with Crippen LogP contribution in [0.3, 0.4) is 0 Å². The van der Waals surface area contributed by atoms with Gasteiger partial charge in [-0.3, -0.25) is 14.4 Å². The smallest absolute Gasteiger partial charge is 0.335 e. The van der Waals surface area contributed by atoms with Gasteiger partial charge >= 0.3 is 11.9 Å². The lowest BCUT2D eigenvalue weighted by Gasteiger charge is -2.27. The van der Waals surface area contributed by atoms with E-state index in [4.69, 9.17) is 5.11 Å². The highest BCUT2D eigenvalue weighted by molar-refractivity contribution is 7.89. The van der Waals surface area contributed by atoms with Crippen LogP contribution >= 0.6 is 11.3 Å². The number of ketones is 1. The number of aromatic carboxylic acids is 1. The summed E-state index contributed by atoms with van der Waals surface area (Å²) in [5.41, 5.74) is 3.14. The Labute approximate surface area is 294 Å². The number of carbonyl (C=O) groups excluding carboxylic acids is 2. The van der Waals surface area contributed by atoms with E-state index < -0.39 is 27.5 Å². The zero-order valence-electron chi connectivity index (χ0n) is 27.6. The second-order valence-electron chi connectivity index (χ2n) is 12.8. The number of carbonyl (C=O) groups is 4. The predicted molar refractivity (Wildman–Crippen MR) is 190 cm³/mol. The largest absolute Gasteiger partial charge is 0.480 e. The third kappa shape index (κ3) is 7.14. The SMILES string of the molecule is CCN(C1(C(=O)O)CC1)S(=O)(=O)c1cccc(C(=O)Cc2sc3c(c2C(=O)Nc2ccc(CCc4ccc(C(=O)O)cc4)cc2)CCCC3)c1. The van der Waals surface area contributed by atoms with Gasteiger partial charge in [-0.05, 0) is 104 Å². The van der Waals surface area contributed by atoms with E-state index in [2.05, 4.69) is 5.32 Å². The summed E-state index contributed by atoms with van der Waals surface area (Å²) in [5, 5.41) is 21.9. The van der Waals surface area contributed by atoms with Crippen molar-refractivity contribution in [2.75, 3.05) is 11.9 Å². The number of benzene rings is 3. The molecule has 0 radical (unpaired) electrons. The Kier molecular flexibility index (Phi) is 10.1. The van der Waals surface area contributed by atoms with Gasteiger partial charge in [0, 0.05) is 34.0 Å². The van der Waals surface area contributed by atoms with E-state index in [9.17, 15) is 32.7 Å². The van der Waals surface area contributed by atoms with Crippen molar-refractivity contribution in [2.45, 2.75) is 75.1 Å². The number of aryl methyl sites for hydroxylation is 3. The Morgan fingerprint density at radius 1 is 0.860 bits per heavy atom. The Hall–Kier alpha value is -4.65. The standard InChI is InChI=1S/C38H38N2O8S2/c1-2-40(38(20-21-38)37(45)46)50(47,48)29-7-5-6-27(22-29)31(41)23-33-34(30-8-3-4-9-32(30)49-33)35(42)39-28-18-14-25(15-19-28)11-10-24-12-16-26(17-13-24)36(43)44/h5-7,12-19,22H,2-4,8-11,20-21,23H2,1H3,(H,39,42)(H,43,44)(H,45,46). The molecular weight excluding hydrogens is 677 g/mol. The van der Waals surface area contributed by atoms with E-state index in [-0.39, 0.29) is 53.5 Å². The highest BCUT2D eigenvalue weighted by Crippen LogP contribution is 2.45. The molecule has 4 aromatic rings. The van der Waals surface area contributed by atoms with Crippen LogP contribution in [0.2, 0.25) is 0 Å². The number of hydrogen-bond acceptors (Lipinski definition) is 7. The molecule has 50 heavy (non-hydrogen) atoms. The van der Waals surface area contributed by atoms with Crippen molar-refractivity contribution in [3.63, 3.8) is 0 Å². The number of aliphatic carboxylic acids is 1. The third-order valence-corrected chi connectivity index (χ3v) is 12.9. The number of anilines is 1. The van der Waals surface area contributed by atoms with Gasteiger partial charge in [-0.1, -0.05) is 43.3 Å². The first-order valence-corrected chi connectivity index (χ1v) is 18.9. The molecule has 6 rings (SSSR count). The summed E-state index contributed by atoms with van der Waals surface area (Å²) in [6.45, 7) is 1.58. The molecule has 1 fully saturated rings. The molecule has 12 heteroatoms. The lowest BCUT2D eigenvalue weighted by atomic mass is 9.93. The fourth-order valence-corrected chi connectivity index (χ4v) is 9.89. The van der Waals surface area contributed by atoms with E-state index in [0.717, 1.165) is 64.4 Å². The summed E-state index contributed by atoms with van der Waals surface area (Å²) in [6, 6.07) is 20.1. The number of hydrogen-bond donors (Lipinski definition) is 3. The number of likely N-dealkylation sites (N-methyl/N-ethyl adjacent to an activating group) is 1. The summed E-state index contributed by atoms with van der Waals surface area (Å²) in [5.74, 6) is -2.77. The highest BCUT2D eigenvalue weighted by atomic mass is 32.2. The van der Waals surface area contributed by atoms with Crippen molar-refractivity contribution in [1.82, 2.24) is 4.31 Å². The molecule has 0 saturated heterocycles. The second-order valence-corrected chi connectivity index (χ2v) is 15.8. The molecule has 1 amide bonds. The molecule has 0 atom stereocenters. The van der Waals surface area contributed by atoms with E-state index in [1.54, 1.807) is 25.1 Å². The van der Waals surface area contributed by atoms with Crippen LogP contribution in [0.5, 0.6) is 0 Å². The molecule has 260 valence electrons. The van der Waals surface area contributed by atoms with Gasteiger partial charge in [-0.2, -0.15) is 4.31 Å². The van der Waals surface area contributed by atoms with Gasteiger partial charge in [0.15, 0.2) is 5.78 Å². The number of nitrogens with one attached hydrogen (secondary N) is 1. The van der Waals surface area contributed by atoms with Crippen molar-refractivity contribution in [3.8, 4) is 0 Å². The van der Waals surface area contributed by atoms with Gasteiger partial charge in [-0.15, -0.1) is 11.3 Å². The van der Waals surface area contributed by atoms with Gasteiger partial charge in [0.25, 0.3) is 5.91 Å². The fraction of sp³-hybridized carbons (Fsp3) is 0.316. The van der Waals surface area contributed by atoms with Gasteiger partial charge in [0.05, 0.1) is 16.0 Å². The van der Waals surface area contributed by atoms with Crippen molar-refractivity contribution in [2.24, 2.45) is 0 Å². The Bertz CT molecular complexity index is 2060. The quantitative estimate of drug-likeness (QED) is 0.126. The molecule has 1 heterocycles. The predicted octanol–water partition coefficient (Wildman–Crippen LogP) is 6.42. The van der Waals surface area contributed by atoms with Crippen LogP contribution < -0.4 is 5.32 Å². The minimum Gasteiger partial charge on any atom is -0.480 e.